The smallest absolute Gasteiger partial charge is 0.141 e. The zero-order chi connectivity index (χ0) is 30.1. The van der Waals surface area contributed by atoms with Gasteiger partial charge in [-0.1, -0.05) is 42.3 Å². The molecule has 4 aromatic rings. The topological polar surface area (TPSA) is 91.3 Å². The number of likely N-dealkylation sites (N-methyl/N-ethyl adjacent to an activating group) is 1. The zero-order valence-electron chi connectivity index (χ0n) is 23.1. The van der Waals surface area contributed by atoms with Crippen molar-refractivity contribution in [2.24, 2.45) is 0 Å². The Morgan fingerprint density at radius 3 is 2.60 bits per heavy atom. The highest BCUT2D eigenvalue weighted by atomic mass is 35.5. The van der Waals surface area contributed by atoms with Crippen LogP contribution < -0.4 is 21.6 Å². The van der Waals surface area contributed by atoms with Crippen molar-refractivity contribution in [2.75, 3.05) is 30.3 Å². The number of aromatic nitrogens is 1. The Bertz CT molecular complexity index is 1740. The van der Waals surface area contributed by atoms with Crippen LogP contribution in [0.4, 0.5) is 25.8 Å². The summed E-state index contributed by atoms with van der Waals surface area (Å²) in [5, 5.41) is 19.6. The highest BCUT2D eigenvalue weighted by Gasteiger charge is 2.30. The fourth-order valence-electron chi connectivity index (χ4n) is 5.46. The second kappa shape index (κ2) is 12.2. The summed E-state index contributed by atoms with van der Waals surface area (Å²) in [6.07, 6.45) is 4.50. The molecule has 1 saturated heterocycles. The largest absolute Gasteiger partial charge is 0.373 e. The summed E-state index contributed by atoms with van der Waals surface area (Å²) in [5.41, 5.74) is 10.6. The normalized spacial score (nSPS) is 17.4. The van der Waals surface area contributed by atoms with Crippen LogP contribution >= 0.6 is 23.2 Å². The number of hydrogen-bond acceptors (Lipinski definition) is 8. The van der Waals surface area contributed by atoms with E-state index in [1.165, 1.54) is 36.5 Å². The van der Waals surface area contributed by atoms with Gasteiger partial charge in [-0.25, -0.2) is 8.78 Å². The van der Waals surface area contributed by atoms with E-state index in [4.69, 9.17) is 23.2 Å². The summed E-state index contributed by atoms with van der Waals surface area (Å²) in [4.78, 5) is 6.83. The van der Waals surface area contributed by atoms with E-state index in [1.54, 1.807) is 18.2 Å². The van der Waals surface area contributed by atoms with Crippen molar-refractivity contribution in [1.29, 1.82) is 5.26 Å². The molecule has 2 aliphatic rings. The van der Waals surface area contributed by atoms with E-state index < -0.39 is 11.9 Å². The van der Waals surface area contributed by atoms with Gasteiger partial charge in [0.15, 0.2) is 0 Å². The lowest BCUT2D eigenvalue weighted by Crippen LogP contribution is -2.44. The first kappa shape index (κ1) is 29.0. The van der Waals surface area contributed by atoms with Crippen LogP contribution in [0.2, 0.25) is 10.0 Å². The van der Waals surface area contributed by atoms with Crippen LogP contribution in [0.3, 0.4) is 0 Å². The number of nitrogens with zero attached hydrogens (tertiary/aromatic N) is 4. The number of fused-ring (bicyclic) bond motifs is 1. The van der Waals surface area contributed by atoms with Crippen molar-refractivity contribution in [3.8, 4) is 6.07 Å². The summed E-state index contributed by atoms with van der Waals surface area (Å²) >= 11 is 12.7. The van der Waals surface area contributed by atoms with Gasteiger partial charge in [0, 0.05) is 42.2 Å². The molecule has 8 nitrogen and oxygen atoms in total. The molecule has 0 amide bonds. The summed E-state index contributed by atoms with van der Waals surface area (Å²) in [6, 6.07) is 16.2. The van der Waals surface area contributed by atoms with Gasteiger partial charge in [-0.2, -0.15) is 5.26 Å². The van der Waals surface area contributed by atoms with Crippen LogP contribution in [0.1, 0.15) is 30.5 Å². The van der Waals surface area contributed by atoms with Crippen molar-refractivity contribution >= 4 is 51.2 Å². The van der Waals surface area contributed by atoms with Gasteiger partial charge in [-0.05, 0) is 61.0 Å². The molecule has 6 rings (SSSR count). The molecule has 1 aromatic heterocycles. The minimum Gasteiger partial charge on any atom is -0.373 e. The molecule has 2 atom stereocenters. The average Bonchev–Trinajstić information content (AvgIpc) is 3.69. The lowest BCUT2D eigenvalue weighted by molar-refractivity contribution is 0.193. The van der Waals surface area contributed by atoms with E-state index >= 15 is 0 Å². The molecule has 0 radical (unpaired) electrons. The van der Waals surface area contributed by atoms with Crippen LogP contribution in [0, 0.1) is 23.0 Å². The number of pyridine rings is 1. The quantitative estimate of drug-likeness (QED) is 0.170. The van der Waals surface area contributed by atoms with Crippen LogP contribution in [0.15, 0.2) is 72.7 Å². The molecule has 3 aromatic carbocycles. The highest BCUT2D eigenvalue weighted by molar-refractivity contribution is 6.36. The third-order valence-electron chi connectivity index (χ3n) is 7.76. The van der Waals surface area contributed by atoms with E-state index in [2.05, 4.69) is 49.5 Å². The fraction of sp³-hybridized carbons (Fsp3) is 0.226. The molecule has 0 aliphatic carbocycles. The van der Waals surface area contributed by atoms with E-state index in [0.29, 0.717) is 39.0 Å². The number of likely N-dealkylation sites (tertiary alicyclic amines) is 1. The molecule has 0 saturated carbocycles. The standard InChI is InChI=1S/C31H28Cl2F2N8/c1-2-42-10-9-23(16-42)43-17-28(40-41-43)30(18-3-5-20(34)6-4-18)39-22-11-24-29(38-21-7-8-27(35)25(32)12-21)19(14-36)15-37-31(24)26(33)13-22/h3-8,11-13,15,17,23,30,39-41H,2,9-10,16H2,1H3,(H,37,38). The molecular formula is C31H28Cl2F2N8. The van der Waals surface area contributed by atoms with E-state index in [1.807, 2.05) is 12.3 Å². The molecule has 0 spiro atoms. The molecule has 220 valence electrons. The molecule has 12 heteroatoms. The lowest BCUT2D eigenvalue weighted by atomic mass is 10.0. The van der Waals surface area contributed by atoms with Gasteiger partial charge < -0.3 is 21.0 Å². The number of nitrogens with one attached hydrogen (secondary N) is 4. The second-order valence-electron chi connectivity index (χ2n) is 10.5. The predicted octanol–water partition coefficient (Wildman–Crippen LogP) is 6.85. The number of anilines is 3. The van der Waals surface area contributed by atoms with E-state index in [0.717, 1.165) is 37.3 Å². The van der Waals surface area contributed by atoms with Gasteiger partial charge >= 0.3 is 0 Å². The Labute approximate surface area is 257 Å². The van der Waals surface area contributed by atoms with Crippen LogP contribution in [-0.2, 0) is 0 Å². The monoisotopic (exact) mass is 620 g/mol. The van der Waals surface area contributed by atoms with Crippen LogP contribution in [-0.4, -0.2) is 40.6 Å². The number of halogens is 4. The van der Waals surface area contributed by atoms with Gasteiger partial charge in [0.1, 0.15) is 17.7 Å². The Hall–Kier alpha value is -4.14. The number of hydrogen-bond donors (Lipinski definition) is 4. The molecular weight excluding hydrogens is 593 g/mol. The van der Waals surface area contributed by atoms with Crippen molar-refractivity contribution in [2.45, 2.75) is 25.4 Å². The number of hydrazine groups is 2. The summed E-state index contributed by atoms with van der Waals surface area (Å²) in [7, 11) is 0. The van der Waals surface area contributed by atoms with E-state index in [-0.39, 0.29) is 16.4 Å². The van der Waals surface area contributed by atoms with E-state index in [9.17, 15) is 14.0 Å². The zero-order valence-corrected chi connectivity index (χ0v) is 24.6. The maximum Gasteiger partial charge on any atom is 0.141 e. The maximum atomic E-state index is 13.9. The minimum atomic E-state index is -0.549. The molecule has 0 bridgehead atoms. The molecule has 4 N–H and O–H groups in total. The lowest BCUT2D eigenvalue weighted by Gasteiger charge is -2.23. The molecule has 1 fully saturated rings. The van der Waals surface area contributed by atoms with Gasteiger partial charge in [-0.15, -0.1) is 5.53 Å². The summed E-state index contributed by atoms with van der Waals surface area (Å²) < 4.78 is 27.7. The molecule has 2 unspecified atom stereocenters. The third kappa shape index (κ3) is 6.03. The van der Waals surface area contributed by atoms with Crippen molar-refractivity contribution in [3.05, 3.63) is 105 Å². The van der Waals surface area contributed by atoms with Crippen LogP contribution in [0.5, 0.6) is 0 Å². The van der Waals surface area contributed by atoms with Crippen molar-refractivity contribution in [3.63, 3.8) is 0 Å². The second-order valence-corrected chi connectivity index (χ2v) is 11.3. The first-order valence-electron chi connectivity index (χ1n) is 13.8. The number of rotatable bonds is 8. The Balaban J connectivity index is 1.38. The molecule has 3 heterocycles. The van der Waals surface area contributed by atoms with Gasteiger partial charge in [0.05, 0.1) is 44.6 Å². The van der Waals surface area contributed by atoms with Gasteiger partial charge in [0.25, 0.3) is 0 Å². The van der Waals surface area contributed by atoms with Crippen molar-refractivity contribution in [1.82, 2.24) is 25.9 Å². The Morgan fingerprint density at radius 1 is 1.09 bits per heavy atom. The summed E-state index contributed by atoms with van der Waals surface area (Å²) in [5.74, 6) is -0.881. The molecule has 43 heavy (non-hydrogen) atoms. The number of nitriles is 1. The Morgan fingerprint density at radius 2 is 1.88 bits per heavy atom. The predicted molar refractivity (Wildman–Crippen MR) is 166 cm³/mol. The molecule has 2 aliphatic heterocycles. The van der Waals surface area contributed by atoms with Gasteiger partial charge in [-0.3, -0.25) is 9.99 Å². The highest BCUT2D eigenvalue weighted by Crippen LogP contribution is 2.37. The number of benzene rings is 3. The first-order chi connectivity index (χ1) is 20.8. The Kier molecular flexibility index (Phi) is 8.23. The summed E-state index contributed by atoms with van der Waals surface area (Å²) in [6.45, 7) is 5.15. The van der Waals surface area contributed by atoms with Gasteiger partial charge in [0.2, 0.25) is 0 Å². The maximum absolute atomic E-state index is 13.9. The SMILES string of the molecule is CCN1CCC(N2C=C(C(Nc3cc(Cl)c4ncc(C#N)c(Nc5ccc(F)c(Cl)c5)c4c3)c3ccc(F)cc3)NN2)C1. The third-order valence-corrected chi connectivity index (χ3v) is 8.33. The minimum absolute atomic E-state index is 0.0515. The fourth-order valence-corrected chi connectivity index (χ4v) is 5.91. The van der Waals surface area contributed by atoms with Crippen molar-refractivity contribution < 1.29 is 8.78 Å². The first-order valence-corrected chi connectivity index (χ1v) is 14.6. The van der Waals surface area contributed by atoms with Crippen LogP contribution in [0.25, 0.3) is 10.9 Å². The average molecular weight is 622 g/mol.